The molecule has 1 aliphatic heterocycles. The molecule has 0 amide bonds. The molecule has 0 radical (unpaired) electrons. The molecule has 2 aliphatic rings. The van der Waals surface area contributed by atoms with Gasteiger partial charge in [0.15, 0.2) is 0 Å². The van der Waals surface area contributed by atoms with Crippen molar-refractivity contribution in [2.75, 3.05) is 40.3 Å². The minimum atomic E-state index is -3.32. The molecule has 2 fully saturated rings. The van der Waals surface area contributed by atoms with Crippen molar-refractivity contribution in [1.82, 2.24) is 13.5 Å². The Bertz CT molecular complexity index is 851. The van der Waals surface area contributed by atoms with E-state index in [9.17, 15) is 8.42 Å². The molecule has 0 bridgehead atoms. The Morgan fingerprint density at radius 1 is 1.06 bits per heavy atom. The van der Waals surface area contributed by atoms with E-state index in [-0.39, 0.29) is 6.04 Å². The maximum absolute atomic E-state index is 12.6. The summed E-state index contributed by atoms with van der Waals surface area (Å²) < 4.78 is 29.4. The lowest BCUT2D eigenvalue weighted by Gasteiger charge is -2.37. The number of nitrogens with zero attached hydrogens (tertiary/aromatic N) is 3. The van der Waals surface area contributed by atoms with Gasteiger partial charge in [0, 0.05) is 36.2 Å². The van der Waals surface area contributed by atoms with E-state index in [2.05, 4.69) is 33.0 Å². The van der Waals surface area contributed by atoms with Crippen LogP contribution in [0.15, 0.2) is 22.7 Å². The molecule has 1 aliphatic carbocycles. The predicted octanol–water partition coefficient (Wildman–Crippen LogP) is 5.82. The quantitative estimate of drug-likeness (QED) is 0.361. The largest absolute Gasteiger partial charge is 0.303 e. The Labute approximate surface area is 215 Å². The second kappa shape index (κ2) is 12.7. The van der Waals surface area contributed by atoms with Gasteiger partial charge in [-0.15, -0.1) is 0 Å². The van der Waals surface area contributed by atoms with E-state index in [0.29, 0.717) is 6.54 Å². The van der Waals surface area contributed by atoms with Crippen molar-refractivity contribution in [2.45, 2.75) is 70.8 Å². The number of likely N-dealkylation sites (tertiary alicyclic amines) is 1. The van der Waals surface area contributed by atoms with E-state index in [1.165, 1.54) is 59.7 Å². The maximum atomic E-state index is 12.6. The summed E-state index contributed by atoms with van der Waals surface area (Å²) in [5, 5.41) is 0.821. The van der Waals surface area contributed by atoms with Crippen LogP contribution in [-0.2, 0) is 16.6 Å². The molecule has 0 atom stereocenters. The first-order valence-corrected chi connectivity index (χ1v) is 15.1. The molecule has 3 rings (SSSR count). The highest BCUT2D eigenvalue weighted by Gasteiger charge is 2.33. The number of hydrogen-bond donors (Lipinski definition) is 0. The summed E-state index contributed by atoms with van der Waals surface area (Å²) in [6.45, 7) is 6.10. The van der Waals surface area contributed by atoms with Gasteiger partial charge >= 0.3 is 0 Å². The summed E-state index contributed by atoms with van der Waals surface area (Å²) in [6.07, 6.45) is 10.5. The highest BCUT2D eigenvalue weighted by atomic mass is 79.9. The second-order valence-electron chi connectivity index (χ2n) is 10.0. The third-order valence-corrected chi connectivity index (χ3v) is 10.7. The minimum Gasteiger partial charge on any atom is -0.303 e. The standard InChI is InChI=1S/C25H41BrClN3O2S/c1-4-30(33(31,32)28(2)3)24-10-7-20(8-11-24)6-5-15-29-16-13-21(14-17-29)18-22-19-23(27)9-12-25(22)26/h9,12,19-21,24H,4-8,10-11,13-18H2,1-3H3. The lowest BCUT2D eigenvalue weighted by atomic mass is 9.83. The zero-order valence-electron chi connectivity index (χ0n) is 20.5. The number of piperidine rings is 1. The van der Waals surface area contributed by atoms with Crippen molar-refractivity contribution in [3.63, 3.8) is 0 Å². The molecule has 5 nitrogen and oxygen atoms in total. The van der Waals surface area contributed by atoms with E-state index >= 15 is 0 Å². The van der Waals surface area contributed by atoms with Gasteiger partial charge in [-0.3, -0.25) is 0 Å². The molecule has 188 valence electrons. The molecule has 0 aromatic heterocycles. The van der Waals surface area contributed by atoms with Gasteiger partial charge in [-0.05, 0) is 113 Å². The van der Waals surface area contributed by atoms with E-state index in [1.54, 1.807) is 18.4 Å². The van der Waals surface area contributed by atoms with Crippen LogP contribution in [0.25, 0.3) is 0 Å². The van der Waals surface area contributed by atoms with Crippen LogP contribution in [0, 0.1) is 11.8 Å². The fraction of sp³-hybridized carbons (Fsp3) is 0.760. The van der Waals surface area contributed by atoms with Gasteiger partial charge in [0.05, 0.1) is 0 Å². The van der Waals surface area contributed by atoms with Crippen LogP contribution in [0.4, 0.5) is 0 Å². The highest BCUT2D eigenvalue weighted by Crippen LogP contribution is 2.32. The number of halogens is 2. The minimum absolute atomic E-state index is 0.164. The monoisotopic (exact) mass is 561 g/mol. The van der Waals surface area contributed by atoms with Gasteiger partial charge in [0.2, 0.25) is 0 Å². The lowest BCUT2D eigenvalue weighted by Crippen LogP contribution is -2.47. The molecular formula is C25H41BrClN3O2S. The second-order valence-corrected chi connectivity index (χ2v) is 13.4. The van der Waals surface area contributed by atoms with Crippen LogP contribution in [-0.4, -0.2) is 68.2 Å². The summed E-state index contributed by atoms with van der Waals surface area (Å²) in [7, 11) is -0.0607. The van der Waals surface area contributed by atoms with Gasteiger partial charge < -0.3 is 4.90 Å². The van der Waals surface area contributed by atoms with Crippen molar-refractivity contribution < 1.29 is 8.42 Å². The molecule has 1 saturated carbocycles. The van der Waals surface area contributed by atoms with Gasteiger partial charge in [-0.1, -0.05) is 34.5 Å². The molecule has 1 saturated heterocycles. The van der Waals surface area contributed by atoms with Crippen LogP contribution in [0.3, 0.4) is 0 Å². The fourth-order valence-corrected chi connectivity index (χ4v) is 7.51. The summed E-state index contributed by atoms with van der Waals surface area (Å²) in [4.78, 5) is 2.64. The third-order valence-electron chi connectivity index (χ3n) is 7.60. The Kier molecular flexibility index (Phi) is 10.5. The first-order valence-electron chi connectivity index (χ1n) is 12.6. The Hall–Kier alpha value is -0.180. The molecule has 1 aromatic rings. The maximum Gasteiger partial charge on any atom is 0.281 e. The lowest BCUT2D eigenvalue weighted by molar-refractivity contribution is 0.168. The summed E-state index contributed by atoms with van der Waals surface area (Å²) in [5.41, 5.74) is 1.33. The van der Waals surface area contributed by atoms with Crippen LogP contribution in [0.2, 0.25) is 5.02 Å². The van der Waals surface area contributed by atoms with Crippen molar-refractivity contribution in [1.29, 1.82) is 0 Å². The molecule has 0 unspecified atom stereocenters. The molecule has 0 N–H and O–H groups in total. The Morgan fingerprint density at radius 3 is 2.33 bits per heavy atom. The van der Waals surface area contributed by atoms with Gasteiger partial charge in [0.25, 0.3) is 10.2 Å². The predicted molar refractivity (Wildman–Crippen MR) is 142 cm³/mol. The smallest absolute Gasteiger partial charge is 0.281 e. The van der Waals surface area contributed by atoms with E-state index in [4.69, 9.17) is 11.6 Å². The van der Waals surface area contributed by atoms with E-state index < -0.39 is 10.2 Å². The zero-order valence-corrected chi connectivity index (χ0v) is 23.6. The Morgan fingerprint density at radius 2 is 1.73 bits per heavy atom. The highest BCUT2D eigenvalue weighted by molar-refractivity contribution is 9.10. The van der Waals surface area contributed by atoms with Crippen molar-refractivity contribution in [3.05, 3.63) is 33.3 Å². The third kappa shape index (κ3) is 7.65. The number of hydrogen-bond acceptors (Lipinski definition) is 3. The normalized spacial score (nSPS) is 23.5. The fourth-order valence-electron chi connectivity index (χ4n) is 5.57. The van der Waals surface area contributed by atoms with Gasteiger partial charge in [-0.25, -0.2) is 0 Å². The molecule has 0 spiro atoms. The van der Waals surface area contributed by atoms with E-state index in [0.717, 1.165) is 49.0 Å². The summed E-state index contributed by atoms with van der Waals surface area (Å²) >= 11 is 9.85. The number of rotatable bonds is 10. The molecule has 33 heavy (non-hydrogen) atoms. The molecule has 1 aromatic carbocycles. The topological polar surface area (TPSA) is 43.9 Å². The van der Waals surface area contributed by atoms with Crippen molar-refractivity contribution >= 4 is 37.7 Å². The van der Waals surface area contributed by atoms with Gasteiger partial charge in [0.1, 0.15) is 0 Å². The summed E-state index contributed by atoms with van der Waals surface area (Å²) in [5.74, 6) is 1.49. The van der Waals surface area contributed by atoms with Crippen LogP contribution in [0.5, 0.6) is 0 Å². The first-order chi connectivity index (χ1) is 15.7. The van der Waals surface area contributed by atoms with Crippen LogP contribution < -0.4 is 0 Å². The SMILES string of the molecule is CCN(C1CCC(CCCN2CCC(Cc3cc(Cl)ccc3Br)CC2)CC1)S(=O)(=O)N(C)C. The average molecular weight is 563 g/mol. The number of benzene rings is 1. The van der Waals surface area contributed by atoms with Gasteiger partial charge in [-0.2, -0.15) is 17.0 Å². The van der Waals surface area contributed by atoms with Crippen molar-refractivity contribution in [3.8, 4) is 0 Å². The molecule has 8 heteroatoms. The van der Waals surface area contributed by atoms with Crippen molar-refractivity contribution in [2.24, 2.45) is 11.8 Å². The first kappa shape index (κ1) is 27.4. The van der Waals surface area contributed by atoms with Crippen LogP contribution in [0.1, 0.15) is 63.9 Å². The summed E-state index contributed by atoms with van der Waals surface area (Å²) in [6, 6.07) is 6.26. The molecular weight excluding hydrogens is 522 g/mol. The Balaban J connectivity index is 1.34. The van der Waals surface area contributed by atoms with Crippen LogP contribution >= 0.6 is 27.5 Å². The average Bonchev–Trinajstić information content (AvgIpc) is 2.79. The van der Waals surface area contributed by atoms with E-state index in [1.807, 2.05) is 13.0 Å². The zero-order chi connectivity index (χ0) is 24.0. The molecule has 1 heterocycles.